The third kappa shape index (κ3) is 3.99. The number of aromatic hydroxyl groups is 1. The van der Waals surface area contributed by atoms with Gasteiger partial charge in [-0.1, -0.05) is 57.9 Å². The Hall–Kier alpha value is -4.06. The molecule has 0 aromatic heterocycles. The molecule has 222 valence electrons. The third-order valence-electron chi connectivity index (χ3n) is 10.0. The molecule has 3 aromatic rings. The fourth-order valence-electron chi connectivity index (χ4n) is 8.02. The Labute approximate surface area is 262 Å². The molecule has 0 spiro atoms. The Bertz CT molecular complexity index is 1780. The number of phenols is 1. The van der Waals surface area contributed by atoms with Crippen LogP contribution in [-0.4, -0.2) is 45.9 Å². The van der Waals surface area contributed by atoms with Crippen molar-refractivity contribution in [3.05, 3.63) is 94.5 Å². The number of phenolic OH excluding ortho intramolecular Hbond substituents is 1. The molecule has 6 unspecified atom stereocenters. The van der Waals surface area contributed by atoms with Crippen LogP contribution in [-0.2, 0) is 19.2 Å². The van der Waals surface area contributed by atoms with Crippen LogP contribution >= 0.6 is 15.9 Å². The Morgan fingerprint density at radius 3 is 2.30 bits per heavy atom. The van der Waals surface area contributed by atoms with E-state index in [0.717, 1.165) is 10.5 Å². The zero-order chi connectivity index (χ0) is 31.1. The molecular formula is C33H28BBrN2O7. The minimum Gasteiger partial charge on any atom is -0.508 e. The van der Waals surface area contributed by atoms with E-state index >= 15 is 0 Å². The van der Waals surface area contributed by atoms with Gasteiger partial charge in [-0.25, -0.2) is 4.90 Å². The number of allylic oxidation sites excluding steroid dienone is 2. The first-order chi connectivity index (χ1) is 21.0. The molecule has 2 aliphatic carbocycles. The summed E-state index contributed by atoms with van der Waals surface area (Å²) in [5.74, 6) is -5.18. The summed E-state index contributed by atoms with van der Waals surface area (Å²) in [6, 6.07) is 19.7. The number of nitrogens with zero attached hydrogens (tertiary/aromatic N) is 2. The van der Waals surface area contributed by atoms with Crippen molar-refractivity contribution in [3.8, 4) is 5.75 Å². The van der Waals surface area contributed by atoms with Crippen molar-refractivity contribution in [2.45, 2.75) is 25.7 Å². The minimum absolute atomic E-state index is 0.0323. The molecule has 4 amide bonds. The number of benzene rings is 3. The molecule has 1 saturated carbocycles. The van der Waals surface area contributed by atoms with Gasteiger partial charge < -0.3 is 15.2 Å². The van der Waals surface area contributed by atoms with Crippen LogP contribution in [0.25, 0.3) is 0 Å². The van der Waals surface area contributed by atoms with Gasteiger partial charge in [-0.3, -0.25) is 24.1 Å². The van der Waals surface area contributed by atoms with Crippen molar-refractivity contribution in [1.29, 1.82) is 0 Å². The molecule has 2 heterocycles. The van der Waals surface area contributed by atoms with Crippen LogP contribution in [0.4, 0.5) is 11.4 Å². The van der Waals surface area contributed by atoms with E-state index in [4.69, 9.17) is 0 Å². The Kier molecular flexibility index (Phi) is 6.69. The van der Waals surface area contributed by atoms with E-state index in [-0.39, 0.29) is 41.6 Å². The van der Waals surface area contributed by atoms with Crippen LogP contribution in [0.5, 0.6) is 5.75 Å². The summed E-state index contributed by atoms with van der Waals surface area (Å²) < 4.78 is 0.683. The van der Waals surface area contributed by atoms with E-state index in [1.54, 1.807) is 67.6 Å². The topological polar surface area (TPSA) is 135 Å². The van der Waals surface area contributed by atoms with Gasteiger partial charge in [0, 0.05) is 16.0 Å². The normalized spacial score (nSPS) is 29.4. The lowest BCUT2D eigenvalue weighted by molar-refractivity contribution is -0.131. The summed E-state index contributed by atoms with van der Waals surface area (Å²) in [6.45, 7) is 1.77. The van der Waals surface area contributed by atoms with Gasteiger partial charge in [-0.15, -0.1) is 0 Å². The quantitative estimate of drug-likeness (QED) is 0.223. The van der Waals surface area contributed by atoms with E-state index < -0.39 is 53.9 Å². The summed E-state index contributed by atoms with van der Waals surface area (Å²) in [6.07, 6.45) is 2.35. The highest BCUT2D eigenvalue weighted by molar-refractivity contribution is 9.10. The highest BCUT2D eigenvalue weighted by atomic mass is 79.9. The number of halogens is 1. The molecule has 9 nitrogen and oxygen atoms in total. The molecule has 0 radical (unpaired) electrons. The number of fused-ring (bicyclic) bond motifs is 4. The second-order valence-electron chi connectivity index (χ2n) is 12.2. The Morgan fingerprint density at radius 1 is 0.841 bits per heavy atom. The van der Waals surface area contributed by atoms with Crippen LogP contribution in [0.1, 0.15) is 31.2 Å². The maximum absolute atomic E-state index is 14.4. The lowest BCUT2D eigenvalue weighted by Crippen LogP contribution is -2.49. The SMILES string of the molecule is CC12C(=O)N(c3ccccc3)C(=O)C1CC1C(=CCC3C(=O)N(c4cccc(B(O)O)c4)C(=O)C31)C2c1cc(Br)ccc1O. The van der Waals surface area contributed by atoms with Crippen molar-refractivity contribution >= 4 is 63.5 Å². The smallest absolute Gasteiger partial charge is 0.488 e. The molecular weight excluding hydrogens is 627 g/mol. The van der Waals surface area contributed by atoms with Crippen molar-refractivity contribution in [3.63, 3.8) is 0 Å². The standard InChI is InChI=1S/C33H28BBrN2O7/c1-33-25(30(40)37(32(33)42)19-7-3-2-4-8-19)16-23-21(28(33)24-15-18(35)10-13-26(24)38)11-12-22-27(23)31(41)36(29(22)39)20-9-5-6-17(14-20)34(43)44/h2-11,13-15,22-23,25,27-28,38,43-44H,12,16H2,1H3. The average molecular weight is 655 g/mol. The van der Waals surface area contributed by atoms with Gasteiger partial charge in [0.25, 0.3) is 0 Å². The first kappa shape index (κ1) is 28.7. The number of rotatable bonds is 4. The molecule has 3 aromatic carbocycles. The molecule has 0 bridgehead atoms. The van der Waals surface area contributed by atoms with Gasteiger partial charge in [-0.05, 0) is 73.6 Å². The van der Waals surface area contributed by atoms with E-state index in [0.29, 0.717) is 15.7 Å². The Balaban J connectivity index is 1.37. The van der Waals surface area contributed by atoms with Crippen molar-refractivity contribution in [2.24, 2.45) is 29.1 Å². The maximum Gasteiger partial charge on any atom is 0.488 e. The number of hydrogen-bond donors (Lipinski definition) is 3. The summed E-state index contributed by atoms with van der Waals surface area (Å²) in [4.78, 5) is 58.9. The van der Waals surface area contributed by atoms with E-state index in [2.05, 4.69) is 15.9 Å². The lowest BCUT2D eigenvalue weighted by Gasteiger charge is -2.49. The fourth-order valence-corrected chi connectivity index (χ4v) is 8.40. The monoisotopic (exact) mass is 654 g/mol. The second-order valence-corrected chi connectivity index (χ2v) is 13.1. The lowest BCUT2D eigenvalue weighted by atomic mass is 9.51. The molecule has 11 heteroatoms. The minimum atomic E-state index is -1.77. The maximum atomic E-state index is 14.4. The largest absolute Gasteiger partial charge is 0.508 e. The van der Waals surface area contributed by atoms with Crippen LogP contribution in [0.15, 0.2) is 88.9 Å². The zero-order valence-electron chi connectivity index (χ0n) is 23.6. The van der Waals surface area contributed by atoms with Crippen LogP contribution in [0, 0.1) is 29.1 Å². The van der Waals surface area contributed by atoms with E-state index in [1.165, 1.54) is 17.0 Å². The molecule has 4 aliphatic rings. The predicted molar refractivity (Wildman–Crippen MR) is 166 cm³/mol. The van der Waals surface area contributed by atoms with Gasteiger partial charge in [-0.2, -0.15) is 0 Å². The van der Waals surface area contributed by atoms with Gasteiger partial charge >= 0.3 is 7.12 Å². The molecule has 6 atom stereocenters. The van der Waals surface area contributed by atoms with Gasteiger partial charge in [0.2, 0.25) is 23.6 Å². The summed E-state index contributed by atoms with van der Waals surface area (Å²) in [7, 11) is -1.77. The number of amides is 4. The molecule has 7 rings (SSSR count). The van der Waals surface area contributed by atoms with E-state index in [9.17, 15) is 34.3 Å². The number of para-hydroxylation sites is 1. The summed E-state index contributed by atoms with van der Waals surface area (Å²) in [5.41, 5.74) is 0.802. The van der Waals surface area contributed by atoms with Crippen LogP contribution in [0.3, 0.4) is 0 Å². The predicted octanol–water partition coefficient (Wildman–Crippen LogP) is 3.27. The molecule has 3 N–H and O–H groups in total. The summed E-state index contributed by atoms with van der Waals surface area (Å²) in [5, 5.41) is 30.6. The van der Waals surface area contributed by atoms with Gasteiger partial charge in [0.05, 0.1) is 34.5 Å². The number of anilines is 2. The van der Waals surface area contributed by atoms with Crippen molar-refractivity contribution in [2.75, 3.05) is 9.80 Å². The van der Waals surface area contributed by atoms with Crippen molar-refractivity contribution < 1.29 is 34.3 Å². The number of imide groups is 2. The van der Waals surface area contributed by atoms with Crippen LogP contribution in [0.2, 0.25) is 0 Å². The number of carbonyl (C=O) groups excluding carboxylic acids is 4. The number of hydrogen-bond acceptors (Lipinski definition) is 7. The first-order valence-corrected chi connectivity index (χ1v) is 15.3. The van der Waals surface area contributed by atoms with Crippen LogP contribution < -0.4 is 15.3 Å². The second kappa shape index (κ2) is 10.3. The first-order valence-electron chi connectivity index (χ1n) is 14.5. The Morgan fingerprint density at radius 2 is 1.57 bits per heavy atom. The molecule has 2 aliphatic heterocycles. The van der Waals surface area contributed by atoms with Gasteiger partial charge in [0.1, 0.15) is 5.75 Å². The highest BCUT2D eigenvalue weighted by Crippen LogP contribution is 2.64. The fraction of sp³-hybridized carbons (Fsp3) is 0.273. The molecule has 2 saturated heterocycles. The van der Waals surface area contributed by atoms with Crippen molar-refractivity contribution in [1.82, 2.24) is 0 Å². The molecule has 44 heavy (non-hydrogen) atoms. The third-order valence-corrected chi connectivity index (χ3v) is 10.5. The highest BCUT2D eigenvalue weighted by Gasteiger charge is 2.68. The molecule has 3 fully saturated rings. The average Bonchev–Trinajstić information content (AvgIpc) is 3.38. The number of carbonyl (C=O) groups is 4. The summed E-state index contributed by atoms with van der Waals surface area (Å²) >= 11 is 3.50. The van der Waals surface area contributed by atoms with Gasteiger partial charge in [0.15, 0.2) is 0 Å². The van der Waals surface area contributed by atoms with E-state index in [1.807, 2.05) is 6.08 Å². The zero-order valence-corrected chi connectivity index (χ0v) is 25.2.